The van der Waals surface area contributed by atoms with Gasteiger partial charge in [-0.1, -0.05) is 72.1 Å². The van der Waals surface area contributed by atoms with Gasteiger partial charge in [0, 0.05) is 10.7 Å². The molecule has 0 aliphatic carbocycles. The molecule has 0 aromatic carbocycles. The summed E-state index contributed by atoms with van der Waals surface area (Å²) in [5, 5.41) is 0. The molecule has 22 heavy (non-hydrogen) atoms. The minimum absolute atomic E-state index is 0.0519. The molecule has 1 rings (SSSR count). The molecular formula is C19H34O2S. The van der Waals surface area contributed by atoms with E-state index in [0.29, 0.717) is 6.29 Å². The van der Waals surface area contributed by atoms with Gasteiger partial charge in [0.25, 0.3) is 0 Å². The first kappa shape index (κ1) is 19.7. The molecule has 128 valence electrons. The molecule has 0 saturated carbocycles. The van der Waals surface area contributed by atoms with E-state index in [1.165, 1.54) is 51.4 Å². The molecular weight excluding hydrogens is 292 g/mol. The number of carbonyl (C=O) groups is 2. The van der Waals surface area contributed by atoms with Crippen molar-refractivity contribution in [2.45, 2.75) is 90.2 Å². The minimum Gasteiger partial charge on any atom is -0.295 e. The van der Waals surface area contributed by atoms with E-state index < -0.39 is 0 Å². The molecule has 1 saturated heterocycles. The molecule has 0 aromatic rings. The number of hydrogen-bond donors (Lipinski definition) is 0. The Hall–Kier alpha value is -0.310. The third-order valence-corrected chi connectivity index (χ3v) is 7.08. The van der Waals surface area contributed by atoms with Gasteiger partial charge >= 0.3 is 0 Å². The van der Waals surface area contributed by atoms with Crippen LogP contribution in [0.4, 0.5) is 0 Å². The lowest BCUT2D eigenvalue weighted by Crippen LogP contribution is -2.41. The molecule has 1 heterocycles. The second-order valence-corrected chi connectivity index (χ2v) is 9.28. The average molecular weight is 327 g/mol. The van der Waals surface area contributed by atoms with Crippen molar-refractivity contribution in [3.63, 3.8) is 0 Å². The smallest absolute Gasteiger partial charge is 0.200 e. The molecule has 3 heteroatoms. The fraction of sp³-hybridized carbons (Fsp3) is 0.895. The van der Waals surface area contributed by atoms with Crippen LogP contribution >= 0.6 is 11.8 Å². The van der Waals surface area contributed by atoms with Crippen molar-refractivity contribution in [2.75, 3.05) is 5.75 Å². The topological polar surface area (TPSA) is 34.1 Å². The summed E-state index contributed by atoms with van der Waals surface area (Å²) >= 11 is 1.90. The molecule has 0 bridgehead atoms. The SMILES string of the molecule is CCCCCCCCCCC1(C)SCC(C)(C)C1C(=O)C=O. The van der Waals surface area contributed by atoms with Gasteiger partial charge in [-0.15, -0.1) is 0 Å². The zero-order valence-corrected chi connectivity index (χ0v) is 15.8. The van der Waals surface area contributed by atoms with Gasteiger partial charge in [-0.2, -0.15) is 11.8 Å². The molecule has 1 aliphatic rings. The number of aldehydes is 1. The van der Waals surface area contributed by atoms with Crippen LogP contribution in [-0.2, 0) is 9.59 Å². The second kappa shape index (κ2) is 9.10. The molecule has 0 radical (unpaired) electrons. The highest BCUT2D eigenvalue weighted by Gasteiger charge is 2.53. The predicted molar refractivity (Wildman–Crippen MR) is 96.4 cm³/mol. The van der Waals surface area contributed by atoms with Gasteiger partial charge in [0.1, 0.15) is 0 Å². The van der Waals surface area contributed by atoms with Crippen molar-refractivity contribution in [2.24, 2.45) is 11.3 Å². The number of ketones is 1. The van der Waals surface area contributed by atoms with Crippen LogP contribution in [0, 0.1) is 11.3 Å². The van der Waals surface area contributed by atoms with E-state index in [0.717, 1.165) is 12.2 Å². The van der Waals surface area contributed by atoms with Gasteiger partial charge in [-0.3, -0.25) is 9.59 Å². The van der Waals surface area contributed by atoms with Crippen LogP contribution in [0.1, 0.15) is 85.5 Å². The maximum Gasteiger partial charge on any atom is 0.200 e. The van der Waals surface area contributed by atoms with Gasteiger partial charge in [0.05, 0.1) is 0 Å². The lowest BCUT2D eigenvalue weighted by atomic mass is 9.70. The Morgan fingerprint density at radius 3 is 2.14 bits per heavy atom. The summed E-state index contributed by atoms with van der Waals surface area (Å²) in [6.45, 7) is 8.70. The first-order valence-corrected chi connectivity index (χ1v) is 9.99. The fourth-order valence-electron chi connectivity index (χ4n) is 3.92. The first-order valence-electron chi connectivity index (χ1n) is 9.00. The number of unbranched alkanes of at least 4 members (excludes halogenated alkanes) is 7. The summed E-state index contributed by atoms with van der Waals surface area (Å²) in [5.74, 6) is 0.661. The summed E-state index contributed by atoms with van der Waals surface area (Å²) in [7, 11) is 0. The van der Waals surface area contributed by atoms with Crippen molar-refractivity contribution < 1.29 is 9.59 Å². The molecule has 1 fully saturated rings. The minimum atomic E-state index is -0.197. The number of rotatable bonds is 11. The normalized spacial score (nSPS) is 27.0. The predicted octanol–water partition coefficient (Wildman–Crippen LogP) is 5.43. The summed E-state index contributed by atoms with van der Waals surface area (Å²) in [5.41, 5.74) is -0.0580. The Balaban J connectivity index is 2.37. The Bertz CT molecular complexity index is 364. The van der Waals surface area contributed by atoms with Crippen molar-refractivity contribution in [1.82, 2.24) is 0 Å². The molecule has 0 N–H and O–H groups in total. The highest BCUT2D eigenvalue weighted by Crippen LogP contribution is 2.55. The van der Waals surface area contributed by atoms with E-state index in [1.54, 1.807) is 0 Å². The van der Waals surface area contributed by atoms with E-state index in [2.05, 4.69) is 27.7 Å². The first-order chi connectivity index (χ1) is 10.4. The van der Waals surface area contributed by atoms with Crippen molar-refractivity contribution in [3.8, 4) is 0 Å². The van der Waals surface area contributed by atoms with Gasteiger partial charge in [-0.25, -0.2) is 0 Å². The highest BCUT2D eigenvalue weighted by molar-refractivity contribution is 8.01. The summed E-state index contributed by atoms with van der Waals surface area (Å²) in [4.78, 5) is 23.1. The van der Waals surface area contributed by atoms with Crippen molar-refractivity contribution in [3.05, 3.63) is 0 Å². The second-order valence-electron chi connectivity index (χ2n) is 7.77. The zero-order valence-electron chi connectivity index (χ0n) is 15.0. The quantitative estimate of drug-likeness (QED) is 0.288. The van der Waals surface area contributed by atoms with E-state index in [4.69, 9.17) is 0 Å². The maximum absolute atomic E-state index is 12.1. The van der Waals surface area contributed by atoms with Crippen LogP contribution < -0.4 is 0 Å². The average Bonchev–Trinajstić information content (AvgIpc) is 2.72. The highest BCUT2D eigenvalue weighted by atomic mass is 32.2. The van der Waals surface area contributed by atoms with Crippen LogP contribution in [0.5, 0.6) is 0 Å². The Labute approximate surface area is 141 Å². The lowest BCUT2D eigenvalue weighted by Gasteiger charge is -2.34. The van der Waals surface area contributed by atoms with Gasteiger partial charge < -0.3 is 0 Å². The number of Topliss-reactive ketones (excluding diaryl/α,β-unsaturated/α-hetero) is 1. The summed E-state index contributed by atoms with van der Waals surface area (Å²) in [6.07, 6.45) is 12.1. The van der Waals surface area contributed by atoms with Crippen LogP contribution in [0.2, 0.25) is 0 Å². The lowest BCUT2D eigenvalue weighted by molar-refractivity contribution is -0.135. The van der Waals surface area contributed by atoms with Crippen molar-refractivity contribution >= 4 is 23.8 Å². The molecule has 2 unspecified atom stereocenters. The van der Waals surface area contributed by atoms with Crippen LogP contribution in [-0.4, -0.2) is 22.6 Å². The standard InChI is InChI=1S/C19H34O2S/c1-5-6-7-8-9-10-11-12-13-19(4)17(16(21)14-20)18(2,3)15-22-19/h14,17H,5-13,15H2,1-4H3. The third kappa shape index (κ3) is 5.40. The zero-order chi connectivity index (χ0) is 16.6. The molecule has 2 nitrogen and oxygen atoms in total. The summed E-state index contributed by atoms with van der Waals surface area (Å²) in [6, 6.07) is 0. The number of thioether (sulfide) groups is 1. The Morgan fingerprint density at radius 1 is 1.05 bits per heavy atom. The van der Waals surface area contributed by atoms with Crippen LogP contribution in [0.3, 0.4) is 0 Å². The van der Waals surface area contributed by atoms with Crippen molar-refractivity contribution in [1.29, 1.82) is 0 Å². The number of carbonyl (C=O) groups excluding carboxylic acids is 2. The van der Waals surface area contributed by atoms with E-state index in [9.17, 15) is 9.59 Å². The molecule has 0 spiro atoms. The van der Waals surface area contributed by atoms with Gasteiger partial charge in [0.2, 0.25) is 0 Å². The molecule has 0 aromatic heterocycles. The molecule has 0 amide bonds. The third-order valence-electron chi connectivity index (χ3n) is 5.09. The van der Waals surface area contributed by atoms with Crippen LogP contribution in [0.25, 0.3) is 0 Å². The molecule has 2 atom stereocenters. The monoisotopic (exact) mass is 326 g/mol. The molecule has 1 aliphatic heterocycles. The maximum atomic E-state index is 12.1. The van der Waals surface area contributed by atoms with E-state index >= 15 is 0 Å². The summed E-state index contributed by atoms with van der Waals surface area (Å²) < 4.78 is -0.0519. The Kier molecular flexibility index (Phi) is 8.16. The Morgan fingerprint density at radius 2 is 1.59 bits per heavy atom. The largest absolute Gasteiger partial charge is 0.295 e. The number of hydrogen-bond acceptors (Lipinski definition) is 3. The van der Waals surface area contributed by atoms with Crippen LogP contribution in [0.15, 0.2) is 0 Å². The fourth-order valence-corrected chi connectivity index (χ4v) is 5.68. The van der Waals surface area contributed by atoms with E-state index in [1.807, 2.05) is 11.8 Å². The van der Waals surface area contributed by atoms with Gasteiger partial charge in [-0.05, 0) is 24.5 Å². The van der Waals surface area contributed by atoms with Gasteiger partial charge in [0.15, 0.2) is 12.1 Å². The van der Waals surface area contributed by atoms with E-state index in [-0.39, 0.29) is 21.9 Å².